The van der Waals surface area contributed by atoms with Crippen LogP contribution in [0.4, 0.5) is 0 Å². The van der Waals surface area contributed by atoms with Gasteiger partial charge in [-0.05, 0) is 50.1 Å². The number of nitrogens with one attached hydrogen (secondary N) is 1. The van der Waals surface area contributed by atoms with Crippen molar-refractivity contribution >= 4 is 15.9 Å². The molecule has 0 fully saturated rings. The van der Waals surface area contributed by atoms with Crippen LogP contribution in [-0.4, -0.2) is 45.4 Å². The second-order valence-electron chi connectivity index (χ2n) is 6.54. The summed E-state index contributed by atoms with van der Waals surface area (Å²) in [6.07, 6.45) is 0. The number of carbonyl (C=O) groups is 1. The number of aryl methyl sites for hydroxylation is 3. The highest BCUT2D eigenvalue weighted by atomic mass is 32.2. The Labute approximate surface area is 161 Å². The van der Waals surface area contributed by atoms with Gasteiger partial charge in [-0.25, -0.2) is 8.42 Å². The summed E-state index contributed by atoms with van der Waals surface area (Å²) in [4.78, 5) is 12.2. The summed E-state index contributed by atoms with van der Waals surface area (Å²) in [5.74, 6) is 0.404. The Kier molecular flexibility index (Phi) is 6.98. The molecule has 1 amide bonds. The van der Waals surface area contributed by atoms with Gasteiger partial charge in [0.05, 0.1) is 18.0 Å². The van der Waals surface area contributed by atoms with E-state index in [1.807, 2.05) is 39.0 Å². The van der Waals surface area contributed by atoms with Crippen LogP contribution in [0.25, 0.3) is 0 Å². The summed E-state index contributed by atoms with van der Waals surface area (Å²) in [5, 5.41) is 2.68. The highest BCUT2D eigenvalue weighted by Gasteiger charge is 2.22. The molecule has 6 nitrogen and oxygen atoms in total. The molecule has 0 spiro atoms. The largest absolute Gasteiger partial charge is 0.491 e. The monoisotopic (exact) mass is 390 g/mol. The lowest BCUT2D eigenvalue weighted by atomic mass is 10.1. The zero-order valence-corrected chi connectivity index (χ0v) is 17.0. The van der Waals surface area contributed by atoms with Crippen molar-refractivity contribution in [3.8, 4) is 5.75 Å². The average Bonchev–Trinajstić information content (AvgIpc) is 2.61. The fraction of sp³-hybridized carbons (Fsp3) is 0.350. The summed E-state index contributed by atoms with van der Waals surface area (Å²) in [5.41, 5.74) is 3.09. The first-order valence-corrected chi connectivity index (χ1v) is 10.1. The Balaban J connectivity index is 1.82. The van der Waals surface area contributed by atoms with Crippen LogP contribution in [0.3, 0.4) is 0 Å². The average molecular weight is 391 g/mol. The maximum Gasteiger partial charge on any atom is 0.243 e. The third-order valence-corrected chi connectivity index (χ3v) is 5.94. The maximum atomic E-state index is 12.5. The number of sulfonamides is 1. The van der Waals surface area contributed by atoms with E-state index in [0.717, 1.165) is 26.7 Å². The van der Waals surface area contributed by atoms with Gasteiger partial charge in [-0.15, -0.1) is 0 Å². The van der Waals surface area contributed by atoms with E-state index < -0.39 is 10.0 Å². The molecule has 27 heavy (non-hydrogen) atoms. The fourth-order valence-corrected chi connectivity index (χ4v) is 3.57. The first-order valence-electron chi connectivity index (χ1n) is 8.70. The highest BCUT2D eigenvalue weighted by Crippen LogP contribution is 2.18. The molecule has 7 heteroatoms. The predicted octanol–water partition coefficient (Wildman–Crippen LogP) is 2.43. The quantitative estimate of drug-likeness (QED) is 0.703. The van der Waals surface area contributed by atoms with Crippen LogP contribution >= 0.6 is 0 Å². The molecule has 0 saturated heterocycles. The SMILES string of the molecule is Cc1ccc(S(=O)(=O)N(C)CC(=O)NCCOc2cc(C)ccc2C)cc1. The Morgan fingerprint density at radius 3 is 2.33 bits per heavy atom. The van der Waals surface area contributed by atoms with Crippen molar-refractivity contribution < 1.29 is 17.9 Å². The summed E-state index contributed by atoms with van der Waals surface area (Å²) in [6.45, 7) is 6.18. The van der Waals surface area contributed by atoms with Crippen molar-refractivity contribution in [3.63, 3.8) is 0 Å². The van der Waals surface area contributed by atoms with Crippen molar-refractivity contribution in [2.24, 2.45) is 0 Å². The molecule has 0 unspecified atom stereocenters. The van der Waals surface area contributed by atoms with Crippen LogP contribution in [-0.2, 0) is 14.8 Å². The number of hydrogen-bond acceptors (Lipinski definition) is 4. The third-order valence-electron chi connectivity index (χ3n) is 4.12. The molecule has 2 rings (SSSR count). The van der Waals surface area contributed by atoms with Gasteiger partial charge in [0.1, 0.15) is 12.4 Å². The van der Waals surface area contributed by atoms with Crippen LogP contribution in [0.15, 0.2) is 47.4 Å². The Morgan fingerprint density at radius 2 is 1.67 bits per heavy atom. The Hall–Kier alpha value is -2.38. The molecule has 0 radical (unpaired) electrons. The van der Waals surface area contributed by atoms with Gasteiger partial charge in [-0.1, -0.05) is 29.8 Å². The maximum absolute atomic E-state index is 12.5. The Bertz CT molecular complexity index is 893. The number of likely N-dealkylation sites (N-methyl/N-ethyl adjacent to an activating group) is 1. The predicted molar refractivity (Wildman–Crippen MR) is 105 cm³/mol. The molecule has 0 saturated carbocycles. The molecule has 0 heterocycles. The van der Waals surface area contributed by atoms with Gasteiger partial charge < -0.3 is 10.1 Å². The van der Waals surface area contributed by atoms with E-state index in [1.54, 1.807) is 12.1 Å². The smallest absolute Gasteiger partial charge is 0.243 e. The molecule has 0 atom stereocenters. The molecule has 0 aliphatic carbocycles. The Morgan fingerprint density at radius 1 is 1.04 bits per heavy atom. The molecule has 146 valence electrons. The molecule has 0 aliphatic heterocycles. The summed E-state index contributed by atoms with van der Waals surface area (Å²) < 4.78 is 31.7. The van der Waals surface area contributed by atoms with Crippen molar-refractivity contribution in [1.82, 2.24) is 9.62 Å². The fourth-order valence-electron chi connectivity index (χ4n) is 2.45. The zero-order valence-electron chi connectivity index (χ0n) is 16.2. The van der Waals surface area contributed by atoms with Gasteiger partial charge in [0, 0.05) is 7.05 Å². The number of hydrogen-bond donors (Lipinski definition) is 1. The number of ether oxygens (including phenoxy) is 1. The van der Waals surface area contributed by atoms with Gasteiger partial charge >= 0.3 is 0 Å². The lowest BCUT2D eigenvalue weighted by molar-refractivity contribution is -0.121. The van der Waals surface area contributed by atoms with E-state index in [4.69, 9.17) is 4.74 Å². The topological polar surface area (TPSA) is 75.7 Å². The zero-order chi connectivity index (χ0) is 20.0. The second-order valence-corrected chi connectivity index (χ2v) is 8.59. The molecular weight excluding hydrogens is 364 g/mol. The van der Waals surface area contributed by atoms with E-state index in [9.17, 15) is 13.2 Å². The van der Waals surface area contributed by atoms with Gasteiger partial charge in [-0.3, -0.25) is 4.79 Å². The van der Waals surface area contributed by atoms with Gasteiger partial charge in [0.25, 0.3) is 0 Å². The molecule has 0 aromatic heterocycles. The van der Waals surface area contributed by atoms with Crippen LogP contribution < -0.4 is 10.1 Å². The standard InChI is InChI=1S/C20H26N2O4S/c1-15-6-9-18(10-7-15)27(24,25)22(4)14-20(23)21-11-12-26-19-13-16(2)5-8-17(19)3/h5-10,13H,11-12,14H2,1-4H3,(H,21,23). The van der Waals surface area contributed by atoms with Crippen LogP contribution in [0.5, 0.6) is 5.75 Å². The summed E-state index contributed by atoms with van der Waals surface area (Å²) in [6, 6.07) is 12.5. The van der Waals surface area contributed by atoms with E-state index >= 15 is 0 Å². The molecule has 0 aliphatic rings. The molecular formula is C20H26N2O4S. The van der Waals surface area contributed by atoms with Crippen LogP contribution in [0.1, 0.15) is 16.7 Å². The minimum absolute atomic E-state index is 0.168. The van der Waals surface area contributed by atoms with E-state index in [0.29, 0.717) is 13.2 Å². The summed E-state index contributed by atoms with van der Waals surface area (Å²) in [7, 11) is -2.30. The molecule has 2 aromatic rings. The molecule has 0 bridgehead atoms. The van der Waals surface area contributed by atoms with E-state index in [1.165, 1.54) is 19.2 Å². The van der Waals surface area contributed by atoms with Crippen molar-refractivity contribution in [2.45, 2.75) is 25.7 Å². The number of nitrogens with zero attached hydrogens (tertiary/aromatic N) is 1. The van der Waals surface area contributed by atoms with Crippen LogP contribution in [0, 0.1) is 20.8 Å². The van der Waals surface area contributed by atoms with Gasteiger partial charge in [-0.2, -0.15) is 4.31 Å². The van der Waals surface area contributed by atoms with Gasteiger partial charge in [0.15, 0.2) is 0 Å². The molecule has 1 N–H and O–H groups in total. The lowest BCUT2D eigenvalue weighted by Gasteiger charge is -2.17. The van der Waals surface area contributed by atoms with E-state index in [-0.39, 0.29) is 17.3 Å². The third kappa shape index (κ3) is 5.80. The van der Waals surface area contributed by atoms with Crippen molar-refractivity contribution in [1.29, 1.82) is 0 Å². The lowest BCUT2D eigenvalue weighted by Crippen LogP contribution is -2.39. The first kappa shape index (κ1) is 20.9. The normalized spacial score (nSPS) is 11.4. The minimum atomic E-state index is -3.69. The minimum Gasteiger partial charge on any atom is -0.491 e. The number of rotatable bonds is 8. The van der Waals surface area contributed by atoms with Crippen LogP contribution in [0.2, 0.25) is 0 Å². The van der Waals surface area contributed by atoms with Gasteiger partial charge in [0.2, 0.25) is 15.9 Å². The van der Waals surface area contributed by atoms with Crippen molar-refractivity contribution in [2.75, 3.05) is 26.7 Å². The second kappa shape index (κ2) is 9.01. The first-order chi connectivity index (χ1) is 12.7. The highest BCUT2D eigenvalue weighted by molar-refractivity contribution is 7.89. The number of carbonyl (C=O) groups excluding carboxylic acids is 1. The van der Waals surface area contributed by atoms with E-state index in [2.05, 4.69) is 5.32 Å². The van der Waals surface area contributed by atoms with Crippen molar-refractivity contribution in [3.05, 3.63) is 59.2 Å². The summed E-state index contributed by atoms with van der Waals surface area (Å²) >= 11 is 0. The molecule has 2 aromatic carbocycles. The number of benzene rings is 2. The number of amides is 1.